The maximum Gasteiger partial charge on any atom is 0.344 e. The zero-order chi connectivity index (χ0) is 12.3. The summed E-state index contributed by atoms with van der Waals surface area (Å²) in [5.74, 6) is -2.01. The number of anilines is 1. The monoisotopic (exact) mass is 243 g/mol. The van der Waals surface area contributed by atoms with Gasteiger partial charge < -0.3 is 15.6 Å². The first-order valence-corrected chi connectivity index (χ1v) is 4.78. The fourth-order valence-electron chi connectivity index (χ4n) is 0.994. The number of hydrogen-bond donors (Lipinski definition) is 2. The van der Waals surface area contributed by atoms with Crippen LogP contribution < -0.4 is 5.73 Å². The number of carboxylic acids is 1. The van der Waals surface area contributed by atoms with Gasteiger partial charge in [-0.1, -0.05) is 11.6 Å². The van der Waals surface area contributed by atoms with E-state index in [2.05, 4.69) is 4.74 Å². The molecule has 0 aliphatic carbocycles. The number of aliphatic carboxylic acids is 1. The van der Waals surface area contributed by atoms with Gasteiger partial charge in [0, 0.05) is 10.7 Å². The van der Waals surface area contributed by atoms with Gasteiger partial charge in [-0.15, -0.1) is 0 Å². The van der Waals surface area contributed by atoms with Gasteiger partial charge in [-0.25, -0.2) is 9.59 Å². The van der Waals surface area contributed by atoms with Crippen molar-refractivity contribution in [1.29, 1.82) is 0 Å². The molecule has 0 fully saturated rings. The van der Waals surface area contributed by atoms with Crippen LogP contribution in [0.25, 0.3) is 0 Å². The first-order valence-electron chi connectivity index (χ1n) is 4.40. The molecule has 3 N–H and O–H groups in total. The van der Waals surface area contributed by atoms with Crippen LogP contribution in [0, 0.1) is 0 Å². The number of hydrogen-bond acceptors (Lipinski definition) is 4. The third-order valence-corrected chi connectivity index (χ3v) is 2.10. The maximum absolute atomic E-state index is 11.5. The highest BCUT2D eigenvalue weighted by atomic mass is 35.5. The first-order chi connectivity index (χ1) is 7.41. The second-order valence-corrected chi connectivity index (χ2v) is 3.55. The molecule has 0 saturated heterocycles. The molecule has 0 aliphatic heterocycles. The molecule has 6 heteroatoms. The molecule has 1 rings (SSSR count). The fraction of sp³-hybridized carbons (Fsp3) is 0.200. The van der Waals surface area contributed by atoms with Crippen molar-refractivity contribution in [2.75, 3.05) is 5.73 Å². The summed E-state index contributed by atoms with van der Waals surface area (Å²) in [5, 5.41) is 8.95. The molecule has 16 heavy (non-hydrogen) atoms. The van der Waals surface area contributed by atoms with E-state index in [0.717, 1.165) is 0 Å². The van der Waals surface area contributed by atoms with E-state index in [1.807, 2.05) is 0 Å². The van der Waals surface area contributed by atoms with Crippen molar-refractivity contribution in [3.05, 3.63) is 28.8 Å². The van der Waals surface area contributed by atoms with Crippen molar-refractivity contribution in [2.45, 2.75) is 13.0 Å². The summed E-state index contributed by atoms with van der Waals surface area (Å²) in [5.41, 5.74) is 5.78. The molecule has 0 saturated carbocycles. The topological polar surface area (TPSA) is 89.6 Å². The molecule has 0 aliphatic rings. The molecule has 0 bridgehead atoms. The number of nitrogen functional groups attached to an aromatic ring is 1. The predicted molar refractivity (Wildman–Crippen MR) is 58.4 cm³/mol. The van der Waals surface area contributed by atoms with Crippen molar-refractivity contribution in [2.24, 2.45) is 0 Å². The molecule has 5 nitrogen and oxygen atoms in total. The number of carboxylic acid groups (broad SMARTS) is 1. The minimum Gasteiger partial charge on any atom is -0.479 e. The molecular weight excluding hydrogens is 234 g/mol. The SMILES string of the molecule is CC(OC(=O)c1ccc(Cl)cc1N)C(=O)O. The van der Waals surface area contributed by atoms with E-state index in [4.69, 9.17) is 22.4 Å². The average Bonchev–Trinajstić information content (AvgIpc) is 2.16. The Balaban J connectivity index is 2.85. The summed E-state index contributed by atoms with van der Waals surface area (Å²) in [7, 11) is 0. The standard InChI is InChI=1S/C10H10ClNO4/c1-5(9(13)14)16-10(15)7-3-2-6(11)4-8(7)12/h2-5H,12H2,1H3,(H,13,14). The van der Waals surface area contributed by atoms with Gasteiger partial charge in [0.1, 0.15) is 0 Å². The van der Waals surface area contributed by atoms with E-state index in [-0.39, 0.29) is 11.3 Å². The van der Waals surface area contributed by atoms with Crippen molar-refractivity contribution in [1.82, 2.24) is 0 Å². The molecule has 1 atom stereocenters. The number of carbonyl (C=O) groups is 2. The number of carbonyl (C=O) groups excluding carboxylic acids is 1. The number of esters is 1. The summed E-state index contributed by atoms with van der Waals surface area (Å²) < 4.78 is 4.66. The maximum atomic E-state index is 11.5. The normalized spacial score (nSPS) is 11.9. The summed E-state index contributed by atoms with van der Waals surface area (Å²) in [6.45, 7) is 1.26. The molecule has 1 unspecified atom stereocenters. The lowest BCUT2D eigenvalue weighted by Crippen LogP contribution is -2.24. The summed E-state index contributed by atoms with van der Waals surface area (Å²) >= 11 is 5.65. The third-order valence-electron chi connectivity index (χ3n) is 1.87. The van der Waals surface area contributed by atoms with Crippen LogP contribution in [0.3, 0.4) is 0 Å². The van der Waals surface area contributed by atoms with Crippen LogP contribution in [-0.4, -0.2) is 23.1 Å². The van der Waals surface area contributed by atoms with Gasteiger partial charge in [0.05, 0.1) is 5.56 Å². The highest BCUT2D eigenvalue weighted by Gasteiger charge is 2.19. The Morgan fingerprint density at radius 3 is 2.62 bits per heavy atom. The number of nitrogens with two attached hydrogens (primary N) is 1. The second-order valence-electron chi connectivity index (χ2n) is 3.12. The van der Waals surface area contributed by atoms with Crippen LogP contribution in [-0.2, 0) is 9.53 Å². The van der Waals surface area contributed by atoms with E-state index in [0.29, 0.717) is 5.02 Å². The number of benzene rings is 1. The number of halogens is 1. The molecule has 0 amide bonds. The van der Waals surface area contributed by atoms with Gasteiger partial charge in [-0.05, 0) is 25.1 Å². The highest BCUT2D eigenvalue weighted by Crippen LogP contribution is 2.19. The van der Waals surface area contributed by atoms with Crippen LogP contribution in [0.2, 0.25) is 5.02 Å². The Kier molecular flexibility index (Phi) is 3.73. The number of ether oxygens (including phenoxy) is 1. The molecule has 86 valence electrons. The molecule has 0 spiro atoms. The van der Waals surface area contributed by atoms with Gasteiger partial charge in [-0.2, -0.15) is 0 Å². The van der Waals surface area contributed by atoms with Crippen LogP contribution >= 0.6 is 11.6 Å². The van der Waals surface area contributed by atoms with Crippen molar-refractivity contribution in [3.63, 3.8) is 0 Å². The minimum atomic E-state index is -1.22. The van der Waals surface area contributed by atoms with Crippen molar-refractivity contribution >= 4 is 29.2 Å². The Hall–Kier alpha value is -1.75. The zero-order valence-corrected chi connectivity index (χ0v) is 9.19. The van der Waals surface area contributed by atoms with Gasteiger partial charge >= 0.3 is 11.9 Å². The average molecular weight is 244 g/mol. The van der Waals surface area contributed by atoms with Crippen molar-refractivity contribution < 1.29 is 19.4 Å². The Morgan fingerprint density at radius 1 is 1.50 bits per heavy atom. The van der Waals surface area contributed by atoms with Gasteiger partial charge in [0.15, 0.2) is 6.10 Å². The van der Waals surface area contributed by atoms with Gasteiger partial charge in [0.2, 0.25) is 0 Å². The molecule has 1 aromatic carbocycles. The zero-order valence-electron chi connectivity index (χ0n) is 8.44. The van der Waals surface area contributed by atoms with E-state index in [9.17, 15) is 9.59 Å². The van der Waals surface area contributed by atoms with Crippen molar-refractivity contribution in [3.8, 4) is 0 Å². The Labute approximate surface area is 96.8 Å². The molecule has 0 radical (unpaired) electrons. The minimum absolute atomic E-state index is 0.0949. The van der Waals surface area contributed by atoms with Crippen LogP contribution in [0.1, 0.15) is 17.3 Å². The van der Waals surface area contributed by atoms with E-state index in [1.54, 1.807) is 0 Å². The second kappa shape index (κ2) is 4.85. The van der Waals surface area contributed by atoms with E-state index in [1.165, 1.54) is 25.1 Å². The smallest absolute Gasteiger partial charge is 0.344 e. The van der Waals surface area contributed by atoms with E-state index < -0.39 is 18.0 Å². The quantitative estimate of drug-likeness (QED) is 0.621. The van der Waals surface area contributed by atoms with E-state index >= 15 is 0 Å². The Morgan fingerprint density at radius 2 is 2.12 bits per heavy atom. The lowest BCUT2D eigenvalue weighted by atomic mass is 10.2. The van der Waals surface area contributed by atoms with Crippen LogP contribution in [0.4, 0.5) is 5.69 Å². The van der Waals surface area contributed by atoms with Crippen LogP contribution in [0.5, 0.6) is 0 Å². The molecule has 0 aromatic heterocycles. The third kappa shape index (κ3) is 2.87. The summed E-state index contributed by atoms with van der Waals surface area (Å²) in [6, 6.07) is 4.25. The lowest BCUT2D eigenvalue weighted by molar-refractivity contribution is -0.146. The fourth-order valence-corrected chi connectivity index (χ4v) is 1.17. The van der Waals surface area contributed by atoms with Gasteiger partial charge in [-0.3, -0.25) is 0 Å². The van der Waals surface area contributed by atoms with Crippen LogP contribution in [0.15, 0.2) is 18.2 Å². The number of rotatable bonds is 3. The lowest BCUT2D eigenvalue weighted by Gasteiger charge is -2.10. The molecule has 0 heterocycles. The highest BCUT2D eigenvalue weighted by molar-refractivity contribution is 6.31. The van der Waals surface area contributed by atoms with Gasteiger partial charge in [0.25, 0.3) is 0 Å². The predicted octanol–water partition coefficient (Wildman–Crippen LogP) is 1.55. The summed E-state index contributed by atoms with van der Waals surface area (Å²) in [6.07, 6.45) is -1.22. The first kappa shape index (κ1) is 12.3. The largest absolute Gasteiger partial charge is 0.479 e. The molecule has 1 aromatic rings. The summed E-state index contributed by atoms with van der Waals surface area (Å²) in [4.78, 5) is 22.0. The Bertz CT molecular complexity index is 433. The molecular formula is C10H10ClNO4.